The highest BCUT2D eigenvalue weighted by Gasteiger charge is 2.40. The summed E-state index contributed by atoms with van der Waals surface area (Å²) in [6, 6.07) is 0. The van der Waals surface area contributed by atoms with Crippen LogP contribution >= 0.6 is 0 Å². The van der Waals surface area contributed by atoms with Crippen LogP contribution in [0.15, 0.2) is 0 Å². The highest BCUT2D eigenvalue weighted by atomic mass is 16.5. The second-order valence-corrected chi connectivity index (χ2v) is 3.49. The summed E-state index contributed by atoms with van der Waals surface area (Å²) in [4.78, 5) is 11.5. The molecule has 0 aromatic rings. The molecule has 1 unspecified atom stereocenters. The van der Waals surface area contributed by atoms with Gasteiger partial charge in [-0.3, -0.25) is 4.79 Å². The van der Waals surface area contributed by atoms with Gasteiger partial charge in [-0.25, -0.2) is 0 Å². The molecule has 1 aliphatic heterocycles. The highest BCUT2D eigenvalue weighted by Crippen LogP contribution is 2.27. The summed E-state index contributed by atoms with van der Waals surface area (Å²) in [6.45, 7) is 2.07. The Bertz CT molecular complexity index is 170. The van der Waals surface area contributed by atoms with Crippen LogP contribution in [0.25, 0.3) is 0 Å². The van der Waals surface area contributed by atoms with Gasteiger partial charge in [0.1, 0.15) is 5.41 Å². The topological polar surface area (TPSA) is 47.6 Å². The van der Waals surface area contributed by atoms with Gasteiger partial charge in [0.25, 0.3) is 0 Å². The van der Waals surface area contributed by atoms with E-state index in [1.54, 1.807) is 7.11 Å². The third kappa shape index (κ3) is 2.19. The average Bonchev–Trinajstić information content (AvgIpc) is 2.18. The number of carbonyl (C=O) groups excluding carboxylic acids is 1. The monoisotopic (exact) mass is 187 g/mol. The van der Waals surface area contributed by atoms with E-state index in [4.69, 9.17) is 9.47 Å². The molecule has 1 atom stereocenters. The summed E-state index contributed by atoms with van der Waals surface area (Å²) in [6.07, 6.45) is 1.85. The Hall–Kier alpha value is -0.610. The molecule has 0 spiro atoms. The quantitative estimate of drug-likeness (QED) is 0.640. The minimum absolute atomic E-state index is 0.165. The van der Waals surface area contributed by atoms with E-state index < -0.39 is 5.41 Å². The first kappa shape index (κ1) is 10.5. The van der Waals surface area contributed by atoms with Crippen molar-refractivity contribution in [1.29, 1.82) is 0 Å². The summed E-state index contributed by atoms with van der Waals surface area (Å²) in [5, 5.41) is 3.19. The van der Waals surface area contributed by atoms with Crippen molar-refractivity contribution in [3.63, 3.8) is 0 Å². The largest absolute Gasteiger partial charge is 0.468 e. The van der Waals surface area contributed by atoms with Crippen LogP contribution in [-0.4, -0.2) is 39.9 Å². The molecule has 0 aromatic carbocycles. The van der Waals surface area contributed by atoms with Crippen molar-refractivity contribution in [3.05, 3.63) is 0 Å². The van der Waals surface area contributed by atoms with E-state index in [0.29, 0.717) is 13.2 Å². The molecule has 0 saturated carbocycles. The number of ether oxygens (including phenoxy) is 2. The van der Waals surface area contributed by atoms with Crippen LogP contribution in [0.4, 0.5) is 0 Å². The maximum absolute atomic E-state index is 11.5. The van der Waals surface area contributed by atoms with Crippen molar-refractivity contribution in [2.75, 3.05) is 33.9 Å². The number of nitrogens with one attached hydrogen (secondary N) is 1. The van der Waals surface area contributed by atoms with Gasteiger partial charge >= 0.3 is 5.97 Å². The third-order valence-corrected chi connectivity index (χ3v) is 2.51. The molecule has 0 amide bonds. The fourth-order valence-corrected chi connectivity index (χ4v) is 1.82. The number of esters is 1. The van der Waals surface area contributed by atoms with Gasteiger partial charge in [0, 0.05) is 13.7 Å². The van der Waals surface area contributed by atoms with Crippen LogP contribution in [0.5, 0.6) is 0 Å². The van der Waals surface area contributed by atoms with Crippen molar-refractivity contribution < 1.29 is 14.3 Å². The second kappa shape index (κ2) is 4.58. The van der Waals surface area contributed by atoms with Gasteiger partial charge in [0.15, 0.2) is 0 Å². The lowest BCUT2D eigenvalue weighted by atomic mass is 9.81. The van der Waals surface area contributed by atoms with Crippen LogP contribution < -0.4 is 5.32 Å². The first-order valence-electron chi connectivity index (χ1n) is 4.53. The predicted octanol–water partition coefficient (Wildman–Crippen LogP) is 0.176. The molecule has 1 heterocycles. The van der Waals surface area contributed by atoms with E-state index in [-0.39, 0.29) is 5.97 Å². The fraction of sp³-hybridized carbons (Fsp3) is 0.889. The van der Waals surface area contributed by atoms with Crippen molar-refractivity contribution in [2.45, 2.75) is 12.8 Å². The van der Waals surface area contributed by atoms with Gasteiger partial charge in [-0.05, 0) is 19.4 Å². The number of piperidine rings is 1. The first-order chi connectivity index (χ1) is 6.25. The van der Waals surface area contributed by atoms with Gasteiger partial charge in [0.2, 0.25) is 0 Å². The molecule has 13 heavy (non-hydrogen) atoms. The van der Waals surface area contributed by atoms with Crippen molar-refractivity contribution in [3.8, 4) is 0 Å². The lowest BCUT2D eigenvalue weighted by molar-refractivity contribution is -0.157. The highest BCUT2D eigenvalue weighted by molar-refractivity contribution is 5.77. The lowest BCUT2D eigenvalue weighted by Gasteiger charge is -2.34. The Kier molecular flexibility index (Phi) is 3.69. The third-order valence-electron chi connectivity index (χ3n) is 2.51. The molecule has 1 N–H and O–H groups in total. The normalized spacial score (nSPS) is 28.5. The summed E-state index contributed by atoms with van der Waals surface area (Å²) in [5.41, 5.74) is -0.457. The molecule has 76 valence electrons. The number of rotatable bonds is 3. The Morgan fingerprint density at radius 3 is 2.77 bits per heavy atom. The zero-order valence-corrected chi connectivity index (χ0v) is 8.26. The van der Waals surface area contributed by atoms with Crippen LogP contribution in [0.3, 0.4) is 0 Å². The fourth-order valence-electron chi connectivity index (χ4n) is 1.82. The molecule has 4 heteroatoms. The van der Waals surface area contributed by atoms with Gasteiger partial charge in [-0.15, -0.1) is 0 Å². The van der Waals surface area contributed by atoms with E-state index >= 15 is 0 Å². The Balaban J connectivity index is 2.66. The summed E-state index contributed by atoms with van der Waals surface area (Å²) >= 11 is 0. The number of hydrogen-bond acceptors (Lipinski definition) is 4. The van der Waals surface area contributed by atoms with Gasteiger partial charge < -0.3 is 14.8 Å². The molecule has 0 aliphatic carbocycles. The number of methoxy groups -OCH3 is 2. The summed E-state index contributed by atoms with van der Waals surface area (Å²) in [7, 11) is 3.04. The van der Waals surface area contributed by atoms with Crippen molar-refractivity contribution in [2.24, 2.45) is 5.41 Å². The zero-order chi connectivity index (χ0) is 9.73. The average molecular weight is 187 g/mol. The zero-order valence-electron chi connectivity index (χ0n) is 8.26. The molecule has 0 aromatic heterocycles. The van der Waals surface area contributed by atoms with E-state index in [1.165, 1.54) is 7.11 Å². The molecule has 1 saturated heterocycles. The maximum atomic E-state index is 11.5. The maximum Gasteiger partial charge on any atom is 0.315 e. The molecule has 1 fully saturated rings. The van der Waals surface area contributed by atoms with E-state index in [9.17, 15) is 4.79 Å². The molecular formula is C9H17NO3. The van der Waals surface area contributed by atoms with E-state index in [1.807, 2.05) is 0 Å². The Labute approximate surface area is 78.6 Å². The summed E-state index contributed by atoms with van der Waals surface area (Å²) in [5.74, 6) is -0.165. The Morgan fingerprint density at radius 2 is 2.31 bits per heavy atom. The van der Waals surface area contributed by atoms with Gasteiger partial charge in [-0.2, -0.15) is 0 Å². The molecule has 4 nitrogen and oxygen atoms in total. The van der Waals surface area contributed by atoms with Crippen LogP contribution in [0.1, 0.15) is 12.8 Å². The Morgan fingerprint density at radius 1 is 1.54 bits per heavy atom. The summed E-state index contributed by atoms with van der Waals surface area (Å²) < 4.78 is 9.85. The molecular weight excluding hydrogens is 170 g/mol. The van der Waals surface area contributed by atoms with Crippen molar-refractivity contribution in [1.82, 2.24) is 5.32 Å². The SMILES string of the molecule is COCC1(C(=O)OC)CCCNC1. The predicted molar refractivity (Wildman–Crippen MR) is 48.4 cm³/mol. The van der Waals surface area contributed by atoms with Crippen LogP contribution in [0.2, 0.25) is 0 Å². The lowest BCUT2D eigenvalue weighted by Crippen LogP contribution is -2.48. The molecule has 0 bridgehead atoms. The second-order valence-electron chi connectivity index (χ2n) is 3.49. The minimum atomic E-state index is -0.457. The van der Waals surface area contributed by atoms with E-state index in [2.05, 4.69) is 5.32 Å². The van der Waals surface area contributed by atoms with Crippen LogP contribution in [0, 0.1) is 5.41 Å². The van der Waals surface area contributed by atoms with Crippen LogP contribution in [-0.2, 0) is 14.3 Å². The first-order valence-corrected chi connectivity index (χ1v) is 4.53. The molecule has 1 aliphatic rings. The van der Waals surface area contributed by atoms with E-state index in [0.717, 1.165) is 19.4 Å². The van der Waals surface area contributed by atoms with Gasteiger partial charge in [-0.1, -0.05) is 0 Å². The number of hydrogen-bond donors (Lipinski definition) is 1. The number of carbonyl (C=O) groups is 1. The van der Waals surface area contributed by atoms with Crippen molar-refractivity contribution >= 4 is 5.97 Å². The minimum Gasteiger partial charge on any atom is -0.468 e. The smallest absolute Gasteiger partial charge is 0.315 e. The standard InChI is InChI=1S/C9H17NO3/c1-12-7-9(8(11)13-2)4-3-5-10-6-9/h10H,3-7H2,1-2H3. The molecule has 0 radical (unpaired) electrons. The van der Waals surface area contributed by atoms with Gasteiger partial charge in [0.05, 0.1) is 13.7 Å². The molecule has 1 rings (SSSR count).